The number of amides is 1. The first-order valence-corrected chi connectivity index (χ1v) is 7.68. The Balaban J connectivity index is 2.17. The highest BCUT2D eigenvalue weighted by molar-refractivity contribution is 5.93. The molecule has 1 heterocycles. The average molecular weight is 315 g/mol. The van der Waals surface area contributed by atoms with Crippen molar-refractivity contribution in [1.82, 2.24) is 15.3 Å². The van der Waals surface area contributed by atoms with Crippen LogP contribution in [0.25, 0.3) is 11.3 Å². The summed E-state index contributed by atoms with van der Waals surface area (Å²) >= 11 is 0. The fourth-order valence-electron chi connectivity index (χ4n) is 2.16. The van der Waals surface area contributed by atoms with E-state index in [9.17, 15) is 9.59 Å². The molecule has 23 heavy (non-hydrogen) atoms. The lowest BCUT2D eigenvalue weighted by Gasteiger charge is -2.07. The maximum Gasteiger partial charge on any atom is 0.346 e. The number of carbonyl (C=O) groups is 1. The van der Waals surface area contributed by atoms with Gasteiger partial charge in [-0.2, -0.15) is 4.98 Å². The molecule has 0 fully saturated rings. The molecular formula is C17H21N3O3. The topological polar surface area (TPSA) is 84.1 Å². The Hall–Kier alpha value is -2.63. The molecule has 0 atom stereocenters. The molecule has 0 aliphatic rings. The predicted octanol–water partition coefficient (Wildman–Crippen LogP) is 2.37. The van der Waals surface area contributed by atoms with Gasteiger partial charge in [0.1, 0.15) is 11.4 Å². The zero-order valence-corrected chi connectivity index (χ0v) is 13.4. The van der Waals surface area contributed by atoms with E-state index in [0.717, 1.165) is 24.8 Å². The van der Waals surface area contributed by atoms with Gasteiger partial charge in [0.25, 0.3) is 5.91 Å². The first kappa shape index (κ1) is 16.7. The number of methoxy groups -OCH3 is 1. The number of aromatic nitrogens is 2. The van der Waals surface area contributed by atoms with Gasteiger partial charge in [0.2, 0.25) is 0 Å². The van der Waals surface area contributed by atoms with Gasteiger partial charge in [-0.1, -0.05) is 19.8 Å². The minimum Gasteiger partial charge on any atom is -0.497 e. The van der Waals surface area contributed by atoms with Crippen LogP contribution in [-0.2, 0) is 0 Å². The monoisotopic (exact) mass is 315 g/mol. The third-order valence-electron chi connectivity index (χ3n) is 3.44. The summed E-state index contributed by atoms with van der Waals surface area (Å²) in [5.41, 5.74) is 0.872. The highest BCUT2D eigenvalue weighted by Gasteiger charge is 2.10. The molecule has 2 rings (SSSR count). The van der Waals surface area contributed by atoms with E-state index in [4.69, 9.17) is 4.74 Å². The lowest BCUT2D eigenvalue weighted by atomic mass is 10.1. The summed E-state index contributed by atoms with van der Waals surface area (Å²) in [5.74, 6) is 0.419. The van der Waals surface area contributed by atoms with Crippen LogP contribution in [0, 0.1) is 0 Å². The van der Waals surface area contributed by atoms with E-state index in [-0.39, 0.29) is 11.6 Å². The minimum atomic E-state index is -0.544. The molecule has 0 spiro atoms. The third-order valence-corrected chi connectivity index (χ3v) is 3.44. The van der Waals surface area contributed by atoms with Crippen LogP contribution in [0.3, 0.4) is 0 Å². The normalized spacial score (nSPS) is 10.3. The number of nitrogens with zero attached hydrogens (tertiary/aromatic N) is 1. The molecule has 2 N–H and O–H groups in total. The summed E-state index contributed by atoms with van der Waals surface area (Å²) in [5, 5.41) is 2.80. The zero-order valence-electron chi connectivity index (χ0n) is 13.4. The molecule has 0 aliphatic heterocycles. The van der Waals surface area contributed by atoms with Crippen molar-refractivity contribution in [3.05, 3.63) is 46.5 Å². The summed E-state index contributed by atoms with van der Waals surface area (Å²) in [4.78, 5) is 30.2. The average Bonchev–Trinajstić information content (AvgIpc) is 2.58. The molecule has 0 saturated heterocycles. The second kappa shape index (κ2) is 8.12. The SMILES string of the molecule is CCCCCNC(=O)c1cc(-c2ccc(OC)cc2)nc(=O)[nH]1. The molecule has 1 amide bonds. The van der Waals surface area contributed by atoms with Crippen molar-refractivity contribution < 1.29 is 9.53 Å². The van der Waals surface area contributed by atoms with E-state index in [2.05, 4.69) is 22.2 Å². The molecule has 0 aliphatic carbocycles. The molecule has 1 aromatic carbocycles. The first-order valence-electron chi connectivity index (χ1n) is 7.68. The fraction of sp³-hybridized carbons (Fsp3) is 0.353. The summed E-state index contributed by atoms with van der Waals surface area (Å²) in [6, 6.07) is 8.73. The van der Waals surface area contributed by atoms with E-state index < -0.39 is 5.69 Å². The molecule has 0 saturated carbocycles. The number of unbranched alkanes of at least 4 members (excludes halogenated alkanes) is 2. The Morgan fingerprint density at radius 2 is 2.00 bits per heavy atom. The van der Waals surface area contributed by atoms with Crippen LogP contribution >= 0.6 is 0 Å². The number of benzene rings is 1. The van der Waals surface area contributed by atoms with Crippen molar-refractivity contribution >= 4 is 5.91 Å². The fourth-order valence-corrected chi connectivity index (χ4v) is 2.16. The number of hydrogen-bond acceptors (Lipinski definition) is 4. The van der Waals surface area contributed by atoms with E-state index in [0.29, 0.717) is 18.0 Å². The van der Waals surface area contributed by atoms with Gasteiger partial charge in [-0.15, -0.1) is 0 Å². The van der Waals surface area contributed by atoms with Crippen molar-refractivity contribution in [3.8, 4) is 17.0 Å². The highest BCUT2D eigenvalue weighted by atomic mass is 16.5. The number of nitrogens with one attached hydrogen (secondary N) is 2. The standard InChI is InChI=1S/C17H21N3O3/c1-3-4-5-10-18-16(21)15-11-14(19-17(22)20-15)12-6-8-13(23-2)9-7-12/h6-9,11H,3-5,10H2,1-2H3,(H,18,21)(H,19,20,22). The predicted molar refractivity (Wildman–Crippen MR) is 88.7 cm³/mol. The van der Waals surface area contributed by atoms with Crippen LogP contribution in [-0.4, -0.2) is 29.5 Å². The Morgan fingerprint density at radius 3 is 2.65 bits per heavy atom. The quantitative estimate of drug-likeness (QED) is 0.768. The van der Waals surface area contributed by atoms with Gasteiger partial charge >= 0.3 is 5.69 Å². The zero-order chi connectivity index (χ0) is 16.7. The van der Waals surface area contributed by atoms with E-state index >= 15 is 0 Å². The molecule has 0 radical (unpaired) electrons. The van der Waals surface area contributed by atoms with Gasteiger partial charge in [0.05, 0.1) is 12.8 Å². The van der Waals surface area contributed by atoms with E-state index in [1.807, 2.05) is 0 Å². The van der Waals surface area contributed by atoms with Crippen LogP contribution in [0.1, 0.15) is 36.7 Å². The molecule has 6 heteroatoms. The number of ether oxygens (including phenoxy) is 1. The van der Waals surface area contributed by atoms with Gasteiger partial charge in [0.15, 0.2) is 0 Å². The van der Waals surface area contributed by atoms with Crippen molar-refractivity contribution in [1.29, 1.82) is 0 Å². The Bertz CT molecular complexity index is 708. The van der Waals surface area contributed by atoms with Crippen molar-refractivity contribution in [2.75, 3.05) is 13.7 Å². The van der Waals surface area contributed by atoms with E-state index in [1.165, 1.54) is 0 Å². The van der Waals surface area contributed by atoms with Crippen LogP contribution < -0.4 is 15.7 Å². The lowest BCUT2D eigenvalue weighted by Crippen LogP contribution is -2.28. The van der Waals surface area contributed by atoms with Crippen molar-refractivity contribution in [2.24, 2.45) is 0 Å². The van der Waals surface area contributed by atoms with Crippen LogP contribution in [0.4, 0.5) is 0 Å². The molecule has 1 aromatic heterocycles. The van der Waals surface area contributed by atoms with Crippen molar-refractivity contribution in [3.63, 3.8) is 0 Å². The maximum atomic E-state index is 12.1. The summed E-state index contributed by atoms with van der Waals surface area (Å²) < 4.78 is 5.10. The second-order valence-electron chi connectivity index (χ2n) is 5.18. The number of carbonyl (C=O) groups excluding carboxylic acids is 1. The Morgan fingerprint density at radius 1 is 1.26 bits per heavy atom. The van der Waals surface area contributed by atoms with Gasteiger partial charge in [-0.25, -0.2) is 4.79 Å². The third kappa shape index (κ3) is 4.67. The highest BCUT2D eigenvalue weighted by Crippen LogP contribution is 2.20. The minimum absolute atomic E-state index is 0.215. The number of aromatic amines is 1. The van der Waals surface area contributed by atoms with Crippen LogP contribution in [0.15, 0.2) is 35.1 Å². The van der Waals surface area contributed by atoms with Crippen LogP contribution in [0.2, 0.25) is 0 Å². The largest absolute Gasteiger partial charge is 0.497 e. The molecule has 6 nitrogen and oxygen atoms in total. The van der Waals surface area contributed by atoms with Crippen LogP contribution in [0.5, 0.6) is 5.75 Å². The molecule has 122 valence electrons. The molecule has 0 unspecified atom stereocenters. The van der Waals surface area contributed by atoms with Gasteiger partial charge < -0.3 is 15.0 Å². The molecular weight excluding hydrogens is 294 g/mol. The molecule has 0 bridgehead atoms. The summed E-state index contributed by atoms with van der Waals surface area (Å²) in [6.45, 7) is 2.69. The number of H-pyrrole nitrogens is 1. The van der Waals surface area contributed by atoms with Gasteiger partial charge in [-0.05, 0) is 36.8 Å². The van der Waals surface area contributed by atoms with Gasteiger partial charge in [-0.3, -0.25) is 4.79 Å². The second-order valence-corrected chi connectivity index (χ2v) is 5.18. The molecule has 2 aromatic rings. The van der Waals surface area contributed by atoms with Gasteiger partial charge in [0, 0.05) is 12.1 Å². The number of rotatable bonds is 7. The first-order chi connectivity index (χ1) is 11.1. The summed E-state index contributed by atoms with van der Waals surface area (Å²) in [7, 11) is 1.58. The Labute approximate surface area is 134 Å². The smallest absolute Gasteiger partial charge is 0.346 e. The maximum absolute atomic E-state index is 12.1. The van der Waals surface area contributed by atoms with Crippen molar-refractivity contribution in [2.45, 2.75) is 26.2 Å². The lowest BCUT2D eigenvalue weighted by molar-refractivity contribution is 0.0947. The number of hydrogen-bond donors (Lipinski definition) is 2. The van der Waals surface area contributed by atoms with E-state index in [1.54, 1.807) is 37.4 Å². The Kier molecular flexibility index (Phi) is 5.91. The summed E-state index contributed by atoms with van der Waals surface area (Å²) in [6.07, 6.45) is 3.07.